The second kappa shape index (κ2) is 3.61. The minimum Gasteiger partial charge on any atom is -0.393 e. The lowest BCUT2D eigenvalue weighted by Crippen LogP contribution is -2.67. The lowest BCUT2D eigenvalue weighted by molar-refractivity contribution is -0.216. The van der Waals surface area contributed by atoms with Gasteiger partial charge in [-0.05, 0) is 48.3 Å². The fraction of sp³-hybridized carbons (Fsp3) is 0.900. The lowest BCUT2D eigenvalue weighted by atomic mass is 9.39. The molecule has 0 aromatic heterocycles. The zero-order valence-electron chi connectivity index (χ0n) is 14.5. The van der Waals surface area contributed by atoms with Crippen molar-refractivity contribution in [2.24, 2.45) is 39.9 Å². The molecule has 4 N–H and O–H groups in total. The van der Waals surface area contributed by atoms with Crippen LogP contribution in [0.5, 0.6) is 0 Å². The Morgan fingerprint density at radius 1 is 1.04 bits per heavy atom. The maximum absolute atomic E-state index is 11.4. The molecule has 5 heteroatoms. The Kier molecular flexibility index (Phi) is 2.11. The number of nitrogens with zero attached hydrogens (tertiary/aromatic N) is 1. The number of fused-ring (bicyclic) bond motifs is 1. The summed E-state index contributed by atoms with van der Waals surface area (Å²) in [5.41, 5.74) is 0.510. The van der Waals surface area contributed by atoms with E-state index in [1.807, 2.05) is 0 Å². The van der Waals surface area contributed by atoms with Crippen LogP contribution in [0.1, 0.15) is 32.6 Å². The normalized spacial score (nSPS) is 76.5. The zero-order valence-corrected chi connectivity index (χ0v) is 14.5. The number of hydrogen-bond donors (Lipinski definition) is 4. The van der Waals surface area contributed by atoms with E-state index in [9.17, 15) is 20.4 Å². The molecular weight excluding hydrogens is 318 g/mol. The number of piperidine rings is 2. The van der Waals surface area contributed by atoms with Crippen LogP contribution >= 0.6 is 0 Å². The SMILES string of the molecule is C=C1CC23CC4C5C6(C)CC(O)CC57C(C2C(O)C1C(O)C37)N4C6O. The van der Waals surface area contributed by atoms with Gasteiger partial charge in [-0.1, -0.05) is 19.1 Å². The molecule has 25 heavy (non-hydrogen) atoms. The third kappa shape index (κ3) is 1.06. The van der Waals surface area contributed by atoms with Gasteiger partial charge in [-0.25, -0.2) is 0 Å². The molecule has 9 fully saturated rings. The van der Waals surface area contributed by atoms with Crippen molar-refractivity contribution < 1.29 is 20.4 Å². The summed E-state index contributed by atoms with van der Waals surface area (Å²) in [6.45, 7) is 6.37. The van der Waals surface area contributed by atoms with Gasteiger partial charge in [0.25, 0.3) is 0 Å². The smallest absolute Gasteiger partial charge is 0.113 e. The van der Waals surface area contributed by atoms with Gasteiger partial charge in [0, 0.05) is 29.3 Å². The number of aliphatic hydroxyl groups excluding tert-OH is 4. The van der Waals surface area contributed by atoms with Crippen molar-refractivity contribution in [2.75, 3.05) is 0 Å². The van der Waals surface area contributed by atoms with Gasteiger partial charge in [0.05, 0.1) is 18.3 Å². The molecule has 6 aliphatic carbocycles. The fourth-order valence-electron chi connectivity index (χ4n) is 10.7. The van der Waals surface area contributed by atoms with Gasteiger partial charge in [0.1, 0.15) is 6.23 Å². The number of hydrogen-bond acceptors (Lipinski definition) is 5. The Hall–Kier alpha value is -0.460. The highest BCUT2D eigenvalue weighted by Gasteiger charge is 2.91. The molecule has 3 heterocycles. The molecule has 9 rings (SSSR count). The molecule has 9 aliphatic rings. The minimum absolute atomic E-state index is 0.0744. The second-order valence-corrected chi connectivity index (χ2v) is 10.8. The second-order valence-electron chi connectivity index (χ2n) is 10.8. The van der Waals surface area contributed by atoms with E-state index in [2.05, 4.69) is 18.4 Å². The molecule has 14 atom stereocenters. The molecule has 0 amide bonds. The predicted octanol–water partition coefficient (Wildman–Crippen LogP) is 0.0824. The molecule has 3 aliphatic heterocycles. The fourth-order valence-corrected chi connectivity index (χ4v) is 10.7. The van der Waals surface area contributed by atoms with E-state index < -0.39 is 24.5 Å². The Bertz CT molecular complexity index is 741. The van der Waals surface area contributed by atoms with E-state index in [0.29, 0.717) is 18.4 Å². The van der Waals surface area contributed by atoms with Gasteiger partial charge in [0.2, 0.25) is 0 Å². The van der Waals surface area contributed by atoms with Gasteiger partial charge in [-0.15, -0.1) is 0 Å². The highest BCUT2D eigenvalue weighted by Crippen LogP contribution is 2.87. The van der Waals surface area contributed by atoms with E-state index in [0.717, 1.165) is 24.8 Å². The summed E-state index contributed by atoms with van der Waals surface area (Å²) in [6.07, 6.45) is 1.20. The molecular formula is C20H27NO4. The molecule has 0 aromatic carbocycles. The van der Waals surface area contributed by atoms with Gasteiger partial charge >= 0.3 is 0 Å². The minimum atomic E-state index is -0.560. The molecule has 14 unspecified atom stereocenters. The number of rotatable bonds is 0. The van der Waals surface area contributed by atoms with E-state index in [1.165, 1.54) is 0 Å². The first kappa shape index (κ1) is 14.6. The predicted molar refractivity (Wildman–Crippen MR) is 88.0 cm³/mol. The summed E-state index contributed by atoms with van der Waals surface area (Å²) in [4.78, 5) is 2.33. The summed E-state index contributed by atoms with van der Waals surface area (Å²) in [6, 6.07) is 0.453. The number of aliphatic hydroxyl groups is 4. The van der Waals surface area contributed by atoms with Gasteiger partial charge in [-0.2, -0.15) is 0 Å². The standard InChI is InChI=1S/C20H27NO4/c1-7-3-19-6-9-14-18(2)4-8(22)5-20(14)15(19)13(24)10(7)12(23)11(19)16(20)21(9)17(18)25/h8-17,22-25H,1,3-6H2,2H3. The Labute approximate surface area is 147 Å². The van der Waals surface area contributed by atoms with Crippen LogP contribution in [0.2, 0.25) is 0 Å². The summed E-state index contributed by atoms with van der Waals surface area (Å²) in [5, 5.41) is 44.5. The maximum Gasteiger partial charge on any atom is 0.113 e. The van der Waals surface area contributed by atoms with Crippen LogP contribution in [-0.2, 0) is 0 Å². The van der Waals surface area contributed by atoms with Crippen molar-refractivity contribution >= 4 is 0 Å². The van der Waals surface area contributed by atoms with Crippen LogP contribution < -0.4 is 0 Å². The van der Waals surface area contributed by atoms with E-state index >= 15 is 0 Å². The molecule has 0 radical (unpaired) electrons. The lowest BCUT2D eigenvalue weighted by Gasteiger charge is -2.65. The van der Waals surface area contributed by atoms with Crippen LogP contribution in [-0.4, -0.2) is 61.9 Å². The van der Waals surface area contributed by atoms with Gasteiger partial charge < -0.3 is 20.4 Å². The molecule has 6 saturated carbocycles. The maximum atomic E-state index is 11.4. The van der Waals surface area contributed by atoms with Crippen molar-refractivity contribution in [3.05, 3.63) is 12.2 Å². The first-order chi connectivity index (χ1) is 11.8. The molecule has 2 spiro atoms. The van der Waals surface area contributed by atoms with Crippen LogP contribution in [0, 0.1) is 39.9 Å². The highest BCUT2D eigenvalue weighted by molar-refractivity contribution is 5.43. The first-order valence-electron chi connectivity index (χ1n) is 9.96. The van der Waals surface area contributed by atoms with Gasteiger partial charge in [0.15, 0.2) is 0 Å². The van der Waals surface area contributed by atoms with E-state index in [1.54, 1.807) is 0 Å². The molecule has 0 aromatic rings. The zero-order chi connectivity index (χ0) is 17.3. The van der Waals surface area contributed by atoms with Crippen molar-refractivity contribution in [2.45, 2.75) is 69.2 Å². The van der Waals surface area contributed by atoms with E-state index in [-0.39, 0.29) is 40.0 Å². The summed E-state index contributed by atoms with van der Waals surface area (Å²) < 4.78 is 0. The Balaban J connectivity index is 1.54. The molecule has 9 bridgehead atoms. The highest BCUT2D eigenvalue weighted by atomic mass is 16.3. The van der Waals surface area contributed by atoms with Crippen LogP contribution in [0.25, 0.3) is 0 Å². The monoisotopic (exact) mass is 345 g/mol. The van der Waals surface area contributed by atoms with Crippen LogP contribution in [0.4, 0.5) is 0 Å². The van der Waals surface area contributed by atoms with Crippen molar-refractivity contribution in [3.63, 3.8) is 0 Å². The largest absolute Gasteiger partial charge is 0.393 e. The third-order valence-corrected chi connectivity index (χ3v) is 10.3. The van der Waals surface area contributed by atoms with Crippen molar-refractivity contribution in [1.29, 1.82) is 0 Å². The summed E-state index contributed by atoms with van der Waals surface area (Å²) >= 11 is 0. The molecule has 136 valence electrons. The van der Waals surface area contributed by atoms with Gasteiger partial charge in [-0.3, -0.25) is 4.90 Å². The third-order valence-electron chi connectivity index (χ3n) is 10.3. The van der Waals surface area contributed by atoms with Crippen LogP contribution in [0.15, 0.2) is 12.2 Å². The first-order valence-corrected chi connectivity index (χ1v) is 9.96. The molecule has 5 nitrogen and oxygen atoms in total. The average molecular weight is 345 g/mol. The molecule has 3 saturated heterocycles. The average Bonchev–Trinajstić information content (AvgIpc) is 2.88. The summed E-state index contributed by atoms with van der Waals surface area (Å²) in [5.74, 6) is 0.360. The Morgan fingerprint density at radius 3 is 2.56 bits per heavy atom. The topological polar surface area (TPSA) is 84.2 Å². The van der Waals surface area contributed by atoms with Crippen molar-refractivity contribution in [3.8, 4) is 0 Å². The van der Waals surface area contributed by atoms with Crippen molar-refractivity contribution in [1.82, 2.24) is 4.90 Å². The summed E-state index contributed by atoms with van der Waals surface area (Å²) in [7, 11) is 0. The quantitative estimate of drug-likeness (QED) is 0.468. The van der Waals surface area contributed by atoms with Crippen LogP contribution in [0.3, 0.4) is 0 Å². The Morgan fingerprint density at radius 2 is 1.80 bits per heavy atom. The van der Waals surface area contributed by atoms with E-state index in [4.69, 9.17) is 0 Å².